The van der Waals surface area contributed by atoms with Crippen molar-refractivity contribution in [2.75, 3.05) is 38.5 Å². The van der Waals surface area contributed by atoms with E-state index in [-0.39, 0.29) is 12.6 Å². The van der Waals surface area contributed by atoms with Crippen molar-refractivity contribution in [3.8, 4) is 0 Å². The van der Waals surface area contributed by atoms with Gasteiger partial charge in [0.1, 0.15) is 5.76 Å². The van der Waals surface area contributed by atoms with E-state index in [0.717, 1.165) is 43.8 Å². The standard InChI is InChI=1S/C20H24F3N5O2/c1-24-20(25-11-15(16-5-4-10-30-16)28-8-2-3-9-28)26-12-17(29)27-14-7-6-13(21)18(22)19(14)23/h4-7,10,15H,2-3,8-9,11-12H2,1H3,(H,27,29)(H2,24,25,26). The average molecular weight is 423 g/mol. The summed E-state index contributed by atoms with van der Waals surface area (Å²) in [6.07, 6.45) is 3.89. The zero-order valence-electron chi connectivity index (χ0n) is 16.6. The Morgan fingerprint density at radius 1 is 1.17 bits per heavy atom. The van der Waals surface area contributed by atoms with Gasteiger partial charge in [0.05, 0.1) is 24.5 Å². The number of nitrogens with one attached hydrogen (secondary N) is 3. The molecule has 1 fully saturated rings. The predicted octanol–water partition coefficient (Wildman–Crippen LogP) is 2.64. The van der Waals surface area contributed by atoms with Crippen molar-refractivity contribution < 1.29 is 22.4 Å². The zero-order valence-corrected chi connectivity index (χ0v) is 16.6. The minimum Gasteiger partial charge on any atom is -0.468 e. The molecule has 1 saturated heterocycles. The van der Waals surface area contributed by atoms with Gasteiger partial charge in [0, 0.05) is 13.6 Å². The summed E-state index contributed by atoms with van der Waals surface area (Å²) in [4.78, 5) is 18.4. The Hall–Kier alpha value is -3.01. The number of hydrogen-bond donors (Lipinski definition) is 3. The quantitative estimate of drug-likeness (QED) is 0.362. The lowest BCUT2D eigenvalue weighted by Gasteiger charge is -2.26. The van der Waals surface area contributed by atoms with Gasteiger partial charge in [-0.1, -0.05) is 0 Å². The summed E-state index contributed by atoms with van der Waals surface area (Å²) in [6.45, 7) is 2.21. The maximum Gasteiger partial charge on any atom is 0.243 e. The van der Waals surface area contributed by atoms with E-state index in [2.05, 4.69) is 25.8 Å². The molecule has 2 heterocycles. The number of hydrogen-bond acceptors (Lipinski definition) is 4. The molecule has 0 aliphatic carbocycles. The van der Waals surface area contributed by atoms with Crippen LogP contribution in [0.15, 0.2) is 39.9 Å². The minimum absolute atomic E-state index is 0.0196. The molecule has 1 aromatic heterocycles. The number of carbonyl (C=O) groups excluding carboxylic acids is 1. The summed E-state index contributed by atoms with van der Waals surface area (Å²) in [5, 5.41) is 8.17. The minimum atomic E-state index is -1.64. The molecule has 1 atom stereocenters. The fraction of sp³-hybridized carbons (Fsp3) is 0.400. The van der Waals surface area contributed by atoms with Gasteiger partial charge in [0.15, 0.2) is 23.4 Å². The second-order valence-corrected chi connectivity index (χ2v) is 6.85. The van der Waals surface area contributed by atoms with Crippen LogP contribution in [-0.4, -0.2) is 50.0 Å². The molecule has 1 aliphatic heterocycles. The lowest BCUT2D eigenvalue weighted by atomic mass is 10.2. The number of aliphatic imine (C=N–C) groups is 1. The largest absolute Gasteiger partial charge is 0.468 e. The Morgan fingerprint density at radius 3 is 2.60 bits per heavy atom. The molecule has 0 radical (unpaired) electrons. The van der Waals surface area contributed by atoms with Crippen molar-refractivity contribution >= 4 is 17.6 Å². The molecule has 1 aromatic carbocycles. The van der Waals surface area contributed by atoms with E-state index in [9.17, 15) is 18.0 Å². The summed E-state index contributed by atoms with van der Waals surface area (Å²) in [7, 11) is 1.56. The second kappa shape index (κ2) is 10.1. The third-order valence-electron chi connectivity index (χ3n) is 4.87. The van der Waals surface area contributed by atoms with E-state index >= 15 is 0 Å². The number of anilines is 1. The lowest BCUT2D eigenvalue weighted by molar-refractivity contribution is -0.115. The molecule has 162 valence electrons. The fourth-order valence-corrected chi connectivity index (χ4v) is 3.34. The molecule has 1 aliphatic rings. The molecule has 30 heavy (non-hydrogen) atoms. The monoisotopic (exact) mass is 423 g/mol. The third-order valence-corrected chi connectivity index (χ3v) is 4.87. The van der Waals surface area contributed by atoms with E-state index in [1.54, 1.807) is 13.3 Å². The van der Waals surface area contributed by atoms with Gasteiger partial charge in [-0.05, 0) is 50.2 Å². The third kappa shape index (κ3) is 5.32. The highest BCUT2D eigenvalue weighted by Gasteiger charge is 2.25. The molecular formula is C20H24F3N5O2. The highest BCUT2D eigenvalue weighted by Crippen LogP contribution is 2.24. The van der Waals surface area contributed by atoms with Gasteiger partial charge in [0.25, 0.3) is 0 Å². The van der Waals surface area contributed by atoms with Crippen molar-refractivity contribution in [2.24, 2.45) is 4.99 Å². The first-order valence-corrected chi connectivity index (χ1v) is 9.65. The molecule has 0 bridgehead atoms. The van der Waals surface area contributed by atoms with Gasteiger partial charge < -0.3 is 20.4 Å². The molecule has 7 nitrogen and oxygen atoms in total. The van der Waals surface area contributed by atoms with Gasteiger partial charge in [0.2, 0.25) is 5.91 Å². The van der Waals surface area contributed by atoms with Crippen molar-refractivity contribution in [1.82, 2.24) is 15.5 Å². The van der Waals surface area contributed by atoms with Gasteiger partial charge in [-0.2, -0.15) is 0 Å². The van der Waals surface area contributed by atoms with E-state index in [1.807, 2.05) is 12.1 Å². The van der Waals surface area contributed by atoms with E-state index < -0.39 is 29.0 Å². The Bertz CT molecular complexity index is 883. The first-order valence-electron chi connectivity index (χ1n) is 9.65. The van der Waals surface area contributed by atoms with Crippen LogP contribution < -0.4 is 16.0 Å². The molecule has 2 aromatic rings. The van der Waals surface area contributed by atoms with E-state index in [4.69, 9.17) is 4.42 Å². The molecule has 0 saturated carbocycles. The van der Waals surface area contributed by atoms with Gasteiger partial charge in [-0.15, -0.1) is 0 Å². The molecular weight excluding hydrogens is 399 g/mol. The summed E-state index contributed by atoms with van der Waals surface area (Å²) in [5.41, 5.74) is -0.435. The van der Waals surface area contributed by atoms with Crippen LogP contribution in [-0.2, 0) is 4.79 Å². The van der Waals surface area contributed by atoms with Crippen LogP contribution in [0.1, 0.15) is 24.6 Å². The molecule has 3 rings (SSSR count). The van der Waals surface area contributed by atoms with Crippen molar-refractivity contribution in [2.45, 2.75) is 18.9 Å². The van der Waals surface area contributed by atoms with Crippen LogP contribution in [0.3, 0.4) is 0 Å². The van der Waals surface area contributed by atoms with Crippen molar-refractivity contribution in [3.05, 3.63) is 53.7 Å². The zero-order chi connectivity index (χ0) is 21.5. The number of rotatable bonds is 7. The first kappa shape index (κ1) is 21.7. The van der Waals surface area contributed by atoms with Crippen LogP contribution in [0.4, 0.5) is 18.9 Å². The normalized spacial score (nSPS) is 15.8. The van der Waals surface area contributed by atoms with E-state index in [0.29, 0.717) is 12.5 Å². The number of guanidine groups is 1. The van der Waals surface area contributed by atoms with Crippen molar-refractivity contribution in [1.29, 1.82) is 0 Å². The van der Waals surface area contributed by atoms with E-state index in [1.165, 1.54) is 0 Å². The Labute approximate surface area is 172 Å². The molecule has 10 heteroatoms. The summed E-state index contributed by atoms with van der Waals surface area (Å²) in [5.74, 6) is -3.83. The SMILES string of the molecule is CN=C(NCC(=O)Nc1ccc(F)c(F)c1F)NCC(c1ccco1)N1CCCC1. The van der Waals surface area contributed by atoms with Crippen LogP contribution in [0.2, 0.25) is 0 Å². The molecule has 3 N–H and O–H groups in total. The van der Waals surface area contributed by atoms with Gasteiger partial charge >= 0.3 is 0 Å². The highest BCUT2D eigenvalue weighted by molar-refractivity contribution is 5.95. The van der Waals surface area contributed by atoms with Crippen molar-refractivity contribution in [3.63, 3.8) is 0 Å². The first-order chi connectivity index (χ1) is 14.5. The number of carbonyl (C=O) groups is 1. The van der Waals surface area contributed by atoms with Crippen LogP contribution in [0.5, 0.6) is 0 Å². The number of nitrogens with zero attached hydrogens (tertiary/aromatic N) is 2. The number of benzene rings is 1. The number of amides is 1. The molecule has 0 spiro atoms. The Balaban J connectivity index is 1.53. The Kier molecular flexibility index (Phi) is 7.34. The van der Waals surface area contributed by atoms with Gasteiger partial charge in [-0.3, -0.25) is 14.7 Å². The average Bonchev–Trinajstić information content (AvgIpc) is 3.46. The number of likely N-dealkylation sites (tertiary alicyclic amines) is 1. The molecule has 1 unspecified atom stereocenters. The fourth-order valence-electron chi connectivity index (χ4n) is 3.34. The smallest absolute Gasteiger partial charge is 0.243 e. The maximum atomic E-state index is 13.7. The lowest BCUT2D eigenvalue weighted by Crippen LogP contribution is -2.44. The highest BCUT2D eigenvalue weighted by atomic mass is 19.2. The number of halogens is 3. The van der Waals surface area contributed by atoms with Crippen LogP contribution in [0, 0.1) is 17.5 Å². The predicted molar refractivity (Wildman–Crippen MR) is 107 cm³/mol. The summed E-state index contributed by atoms with van der Waals surface area (Å²) < 4.78 is 45.5. The molecule has 1 amide bonds. The van der Waals surface area contributed by atoms with Crippen LogP contribution in [0.25, 0.3) is 0 Å². The second-order valence-electron chi connectivity index (χ2n) is 6.85. The van der Waals surface area contributed by atoms with Gasteiger partial charge in [-0.25, -0.2) is 13.2 Å². The number of furan rings is 1. The Morgan fingerprint density at radius 2 is 1.93 bits per heavy atom. The summed E-state index contributed by atoms with van der Waals surface area (Å²) >= 11 is 0. The maximum absolute atomic E-state index is 13.7. The summed E-state index contributed by atoms with van der Waals surface area (Å²) in [6, 6.07) is 5.49. The van der Waals surface area contributed by atoms with Crippen LogP contribution >= 0.6 is 0 Å². The topological polar surface area (TPSA) is 81.9 Å².